The lowest BCUT2D eigenvalue weighted by Crippen LogP contribution is -2.48. The summed E-state index contributed by atoms with van der Waals surface area (Å²) in [5.41, 5.74) is 3.60. The summed E-state index contributed by atoms with van der Waals surface area (Å²) in [5, 5.41) is 4.91. The van der Waals surface area contributed by atoms with E-state index in [1.165, 1.54) is 16.9 Å². The highest BCUT2D eigenvalue weighted by atomic mass is 32.1. The Bertz CT molecular complexity index is 585. The molecular formula is C17H21N3OS. The van der Waals surface area contributed by atoms with Crippen LogP contribution in [0.3, 0.4) is 0 Å². The van der Waals surface area contributed by atoms with Crippen molar-refractivity contribution in [1.82, 2.24) is 15.2 Å². The minimum Gasteiger partial charge on any atom is -0.347 e. The second kappa shape index (κ2) is 7.51. The van der Waals surface area contributed by atoms with Gasteiger partial charge in [0.05, 0.1) is 5.51 Å². The van der Waals surface area contributed by atoms with Gasteiger partial charge in [0.25, 0.3) is 5.91 Å². The number of nitrogens with one attached hydrogen (secondary N) is 1. The van der Waals surface area contributed by atoms with Gasteiger partial charge >= 0.3 is 0 Å². The normalized spacial score (nSPS) is 19.0. The van der Waals surface area contributed by atoms with Crippen LogP contribution >= 0.6 is 11.3 Å². The van der Waals surface area contributed by atoms with Gasteiger partial charge in [-0.25, -0.2) is 4.98 Å². The molecule has 1 aromatic heterocycles. The molecule has 4 nitrogen and oxygen atoms in total. The first kappa shape index (κ1) is 15.2. The quantitative estimate of drug-likeness (QED) is 0.922. The van der Waals surface area contributed by atoms with Crippen LogP contribution in [0.5, 0.6) is 0 Å². The third-order valence-corrected chi connectivity index (χ3v) is 4.65. The molecule has 0 radical (unpaired) electrons. The Morgan fingerprint density at radius 3 is 3.00 bits per heavy atom. The van der Waals surface area contributed by atoms with Gasteiger partial charge in [-0.3, -0.25) is 4.79 Å². The van der Waals surface area contributed by atoms with E-state index in [0.29, 0.717) is 5.69 Å². The van der Waals surface area contributed by atoms with Crippen LogP contribution < -0.4 is 5.32 Å². The molecule has 2 heterocycles. The summed E-state index contributed by atoms with van der Waals surface area (Å²) in [6, 6.07) is 10.8. The fourth-order valence-corrected chi connectivity index (χ4v) is 3.42. The molecule has 0 bridgehead atoms. The molecule has 3 rings (SSSR count). The SMILES string of the molecule is O=C(N[C@H]1CCCN(CCc2ccccc2)C1)c1cscn1. The van der Waals surface area contributed by atoms with Crippen LogP contribution in [0.2, 0.25) is 0 Å². The molecule has 22 heavy (non-hydrogen) atoms. The van der Waals surface area contributed by atoms with Crippen molar-refractivity contribution in [1.29, 1.82) is 0 Å². The smallest absolute Gasteiger partial charge is 0.271 e. The molecule has 1 aliphatic heterocycles. The number of likely N-dealkylation sites (tertiary alicyclic amines) is 1. The minimum absolute atomic E-state index is 0.0452. The van der Waals surface area contributed by atoms with E-state index in [2.05, 4.69) is 45.5 Å². The highest BCUT2D eigenvalue weighted by molar-refractivity contribution is 7.07. The molecular weight excluding hydrogens is 294 g/mol. The van der Waals surface area contributed by atoms with Crippen LogP contribution in [0.25, 0.3) is 0 Å². The van der Waals surface area contributed by atoms with E-state index >= 15 is 0 Å². The number of aromatic nitrogens is 1. The van der Waals surface area contributed by atoms with E-state index in [9.17, 15) is 4.79 Å². The third kappa shape index (κ3) is 4.15. The van der Waals surface area contributed by atoms with Crippen LogP contribution in [0, 0.1) is 0 Å². The van der Waals surface area contributed by atoms with E-state index in [0.717, 1.165) is 38.9 Å². The van der Waals surface area contributed by atoms with Crippen LogP contribution in [0.15, 0.2) is 41.2 Å². The van der Waals surface area contributed by atoms with E-state index in [-0.39, 0.29) is 11.9 Å². The molecule has 0 spiro atoms. The van der Waals surface area contributed by atoms with Crippen molar-refractivity contribution >= 4 is 17.2 Å². The van der Waals surface area contributed by atoms with Crippen molar-refractivity contribution in [3.63, 3.8) is 0 Å². The molecule has 1 N–H and O–H groups in total. The lowest BCUT2D eigenvalue weighted by atomic mass is 10.0. The summed E-state index contributed by atoms with van der Waals surface area (Å²) in [5.74, 6) is -0.0452. The Labute approximate surface area is 135 Å². The lowest BCUT2D eigenvalue weighted by molar-refractivity contribution is 0.0900. The number of carbonyl (C=O) groups excluding carboxylic acids is 1. The summed E-state index contributed by atoms with van der Waals surface area (Å²) in [4.78, 5) is 18.6. The first-order chi connectivity index (χ1) is 10.8. The monoisotopic (exact) mass is 315 g/mol. The Morgan fingerprint density at radius 1 is 1.36 bits per heavy atom. The molecule has 1 aromatic carbocycles. The second-order valence-electron chi connectivity index (χ2n) is 5.72. The fourth-order valence-electron chi connectivity index (χ4n) is 2.89. The molecule has 116 valence electrons. The van der Waals surface area contributed by atoms with E-state index in [1.807, 2.05) is 0 Å². The number of rotatable bonds is 5. The molecule has 1 saturated heterocycles. The molecule has 0 saturated carbocycles. The molecule has 5 heteroatoms. The summed E-state index contributed by atoms with van der Waals surface area (Å²) in [7, 11) is 0. The molecule has 1 fully saturated rings. The maximum absolute atomic E-state index is 12.1. The molecule has 1 atom stereocenters. The average molecular weight is 315 g/mol. The van der Waals surface area contributed by atoms with Gasteiger partial charge in [-0.05, 0) is 31.4 Å². The molecule has 1 amide bonds. The van der Waals surface area contributed by atoms with Crippen molar-refractivity contribution in [3.05, 3.63) is 52.5 Å². The molecule has 1 aliphatic rings. The number of carbonyl (C=O) groups is 1. The van der Waals surface area contributed by atoms with Crippen molar-refractivity contribution < 1.29 is 4.79 Å². The van der Waals surface area contributed by atoms with Gasteiger partial charge in [0.1, 0.15) is 5.69 Å². The van der Waals surface area contributed by atoms with Crippen LogP contribution in [0.1, 0.15) is 28.9 Å². The van der Waals surface area contributed by atoms with Gasteiger partial charge in [0, 0.05) is 24.5 Å². The predicted octanol–water partition coefficient (Wildman–Crippen LogP) is 2.58. The number of thiazole rings is 1. The van der Waals surface area contributed by atoms with Gasteiger partial charge in [0.2, 0.25) is 0 Å². The van der Waals surface area contributed by atoms with Crippen LogP contribution in [-0.4, -0.2) is 41.5 Å². The predicted molar refractivity (Wildman–Crippen MR) is 89.2 cm³/mol. The van der Waals surface area contributed by atoms with Crippen LogP contribution in [-0.2, 0) is 6.42 Å². The molecule has 0 unspecified atom stereocenters. The standard InChI is InChI=1S/C17H21N3OS/c21-17(16-12-22-13-18-16)19-15-7-4-9-20(11-15)10-8-14-5-2-1-3-6-14/h1-3,5-6,12-13,15H,4,7-11H2,(H,19,21)/t15-/m0/s1. The number of amides is 1. The molecule has 0 aliphatic carbocycles. The van der Waals surface area contributed by atoms with Crippen molar-refractivity contribution in [2.45, 2.75) is 25.3 Å². The Hall–Kier alpha value is -1.72. The van der Waals surface area contributed by atoms with Gasteiger partial charge in [-0.2, -0.15) is 0 Å². The minimum atomic E-state index is -0.0452. The Kier molecular flexibility index (Phi) is 5.19. The van der Waals surface area contributed by atoms with Crippen LogP contribution in [0.4, 0.5) is 0 Å². The van der Waals surface area contributed by atoms with E-state index < -0.39 is 0 Å². The number of piperidine rings is 1. The zero-order valence-corrected chi connectivity index (χ0v) is 13.4. The fraction of sp³-hybridized carbons (Fsp3) is 0.412. The van der Waals surface area contributed by atoms with Crippen molar-refractivity contribution in [2.75, 3.05) is 19.6 Å². The highest BCUT2D eigenvalue weighted by Gasteiger charge is 2.22. The van der Waals surface area contributed by atoms with E-state index in [1.54, 1.807) is 10.9 Å². The van der Waals surface area contributed by atoms with E-state index in [4.69, 9.17) is 0 Å². The summed E-state index contributed by atoms with van der Waals surface area (Å²) in [6.45, 7) is 3.10. The maximum Gasteiger partial charge on any atom is 0.271 e. The maximum atomic E-state index is 12.1. The Balaban J connectivity index is 1.48. The topological polar surface area (TPSA) is 45.2 Å². The summed E-state index contributed by atoms with van der Waals surface area (Å²) < 4.78 is 0. The van der Waals surface area contributed by atoms with Gasteiger partial charge in [0.15, 0.2) is 0 Å². The number of hydrogen-bond donors (Lipinski definition) is 1. The third-order valence-electron chi connectivity index (χ3n) is 4.07. The lowest BCUT2D eigenvalue weighted by Gasteiger charge is -2.33. The highest BCUT2D eigenvalue weighted by Crippen LogP contribution is 2.12. The Morgan fingerprint density at radius 2 is 2.23 bits per heavy atom. The zero-order chi connectivity index (χ0) is 15.2. The first-order valence-corrected chi connectivity index (χ1v) is 8.71. The first-order valence-electron chi connectivity index (χ1n) is 7.76. The van der Waals surface area contributed by atoms with Gasteiger partial charge in [-0.1, -0.05) is 30.3 Å². The largest absolute Gasteiger partial charge is 0.347 e. The van der Waals surface area contributed by atoms with Crippen molar-refractivity contribution in [2.24, 2.45) is 0 Å². The second-order valence-corrected chi connectivity index (χ2v) is 6.44. The number of hydrogen-bond acceptors (Lipinski definition) is 4. The van der Waals surface area contributed by atoms with Crippen molar-refractivity contribution in [3.8, 4) is 0 Å². The summed E-state index contributed by atoms with van der Waals surface area (Å²) >= 11 is 1.45. The number of benzene rings is 1. The number of nitrogens with zero attached hydrogens (tertiary/aromatic N) is 2. The average Bonchev–Trinajstić information content (AvgIpc) is 3.09. The van der Waals surface area contributed by atoms with Gasteiger partial charge in [-0.15, -0.1) is 11.3 Å². The molecule has 2 aromatic rings. The summed E-state index contributed by atoms with van der Waals surface area (Å²) in [6.07, 6.45) is 3.25. The zero-order valence-electron chi connectivity index (χ0n) is 12.6. The van der Waals surface area contributed by atoms with Gasteiger partial charge < -0.3 is 10.2 Å².